The van der Waals surface area contributed by atoms with Crippen molar-refractivity contribution >= 4 is 15.9 Å². The topological polar surface area (TPSA) is 78.4 Å². The molecule has 1 aromatic carbocycles. The zero-order valence-electron chi connectivity index (χ0n) is 9.32. The minimum absolute atomic E-state index is 0.143. The number of aromatic hydroxyl groups is 1. The molecule has 0 fully saturated rings. The molecular weight excluding hydrogens is 228 g/mol. The van der Waals surface area contributed by atoms with Crippen LogP contribution in [0.2, 0.25) is 0 Å². The number of hydrogen-bond acceptors (Lipinski definition) is 3. The normalized spacial score (nSPS) is 11.4. The van der Waals surface area contributed by atoms with Crippen LogP contribution in [0.15, 0.2) is 18.2 Å². The Bertz CT molecular complexity index is 457. The maximum absolute atomic E-state index is 11.5. The van der Waals surface area contributed by atoms with Crippen LogP contribution in [0.5, 0.6) is 5.75 Å². The van der Waals surface area contributed by atoms with Gasteiger partial charge in [0.2, 0.25) is 0 Å². The number of anilines is 1. The van der Waals surface area contributed by atoms with E-state index in [2.05, 4.69) is 9.44 Å². The molecule has 0 aliphatic carbocycles. The van der Waals surface area contributed by atoms with Gasteiger partial charge in [-0.3, -0.25) is 4.72 Å². The molecule has 0 aromatic heterocycles. The average molecular weight is 244 g/mol. The van der Waals surface area contributed by atoms with Crippen molar-refractivity contribution in [2.45, 2.75) is 20.3 Å². The van der Waals surface area contributed by atoms with E-state index >= 15 is 0 Å². The number of benzene rings is 1. The Hall–Kier alpha value is -1.27. The van der Waals surface area contributed by atoms with Gasteiger partial charge in [-0.2, -0.15) is 13.1 Å². The van der Waals surface area contributed by atoms with Gasteiger partial charge in [0, 0.05) is 6.54 Å². The minimum atomic E-state index is -3.51. The molecule has 0 bridgehead atoms. The summed E-state index contributed by atoms with van der Waals surface area (Å²) >= 11 is 0. The molecule has 0 saturated carbocycles. The second-order valence-corrected chi connectivity index (χ2v) is 5.00. The van der Waals surface area contributed by atoms with Crippen LogP contribution in [-0.2, 0) is 10.2 Å². The molecule has 0 heterocycles. The van der Waals surface area contributed by atoms with Crippen LogP contribution in [0.3, 0.4) is 0 Å². The summed E-state index contributed by atoms with van der Waals surface area (Å²) in [5, 5.41) is 9.29. The van der Waals surface area contributed by atoms with Crippen molar-refractivity contribution in [2.75, 3.05) is 11.3 Å². The van der Waals surface area contributed by atoms with Crippen LogP contribution in [0.4, 0.5) is 5.69 Å². The molecule has 1 aromatic rings. The predicted octanol–water partition coefficient (Wildman–Crippen LogP) is 1.36. The highest BCUT2D eigenvalue weighted by Crippen LogP contribution is 2.20. The third kappa shape index (κ3) is 3.71. The van der Waals surface area contributed by atoms with Gasteiger partial charge in [-0.15, -0.1) is 0 Å². The van der Waals surface area contributed by atoms with Crippen LogP contribution in [0.1, 0.15) is 18.9 Å². The van der Waals surface area contributed by atoms with E-state index in [1.165, 1.54) is 12.1 Å². The van der Waals surface area contributed by atoms with E-state index in [1.54, 1.807) is 13.0 Å². The van der Waals surface area contributed by atoms with E-state index in [0.29, 0.717) is 17.8 Å². The molecule has 6 heteroatoms. The first kappa shape index (κ1) is 12.8. The first-order chi connectivity index (χ1) is 7.44. The maximum atomic E-state index is 11.5. The Morgan fingerprint density at radius 2 is 2.06 bits per heavy atom. The lowest BCUT2D eigenvalue weighted by Gasteiger charge is -2.09. The van der Waals surface area contributed by atoms with Crippen molar-refractivity contribution in [3.05, 3.63) is 23.8 Å². The second-order valence-electron chi connectivity index (χ2n) is 3.50. The third-order valence-corrected chi connectivity index (χ3v) is 3.08. The highest BCUT2D eigenvalue weighted by atomic mass is 32.2. The summed E-state index contributed by atoms with van der Waals surface area (Å²) < 4.78 is 27.7. The molecule has 0 aliphatic rings. The first-order valence-corrected chi connectivity index (χ1v) is 6.50. The molecule has 5 nitrogen and oxygen atoms in total. The summed E-state index contributed by atoms with van der Waals surface area (Å²) in [6.45, 7) is 3.98. The highest BCUT2D eigenvalue weighted by molar-refractivity contribution is 7.90. The fourth-order valence-corrected chi connectivity index (χ4v) is 2.13. The van der Waals surface area contributed by atoms with Crippen LogP contribution in [-0.4, -0.2) is 20.1 Å². The molecule has 90 valence electrons. The maximum Gasteiger partial charge on any atom is 0.299 e. The SMILES string of the molecule is CCCNS(=O)(=O)Nc1ccc(O)c(C)c1. The number of aryl methyl sites for hydroxylation is 1. The summed E-state index contributed by atoms with van der Waals surface area (Å²) in [6.07, 6.45) is 0.732. The van der Waals surface area contributed by atoms with Gasteiger partial charge in [0.25, 0.3) is 10.2 Å². The fourth-order valence-electron chi connectivity index (χ4n) is 1.15. The Morgan fingerprint density at radius 1 is 1.38 bits per heavy atom. The Labute approximate surface area is 95.7 Å². The minimum Gasteiger partial charge on any atom is -0.508 e. The molecule has 0 amide bonds. The van der Waals surface area contributed by atoms with Crippen molar-refractivity contribution < 1.29 is 13.5 Å². The van der Waals surface area contributed by atoms with Crippen LogP contribution in [0.25, 0.3) is 0 Å². The van der Waals surface area contributed by atoms with E-state index in [9.17, 15) is 13.5 Å². The van der Waals surface area contributed by atoms with Crippen molar-refractivity contribution in [1.82, 2.24) is 4.72 Å². The largest absolute Gasteiger partial charge is 0.508 e. The van der Waals surface area contributed by atoms with Gasteiger partial charge in [-0.05, 0) is 37.1 Å². The molecule has 0 unspecified atom stereocenters. The molecule has 1 rings (SSSR count). The van der Waals surface area contributed by atoms with E-state index in [4.69, 9.17) is 0 Å². The zero-order valence-corrected chi connectivity index (χ0v) is 10.1. The number of phenolic OH excluding ortho intramolecular Hbond substituents is 1. The Balaban J connectivity index is 2.76. The van der Waals surface area contributed by atoms with E-state index in [1.807, 2.05) is 6.92 Å². The zero-order chi connectivity index (χ0) is 12.2. The summed E-state index contributed by atoms with van der Waals surface area (Å²) in [7, 11) is -3.51. The standard InChI is InChI=1S/C10H16N2O3S/c1-3-6-11-16(14,15)12-9-4-5-10(13)8(2)7-9/h4-5,7,11-13H,3,6H2,1-2H3. The Morgan fingerprint density at radius 3 is 2.62 bits per heavy atom. The van der Waals surface area contributed by atoms with Gasteiger partial charge < -0.3 is 5.11 Å². The monoisotopic (exact) mass is 244 g/mol. The molecule has 0 saturated heterocycles. The molecule has 16 heavy (non-hydrogen) atoms. The predicted molar refractivity (Wildman–Crippen MR) is 63.7 cm³/mol. The van der Waals surface area contributed by atoms with Crippen LogP contribution in [0, 0.1) is 6.92 Å². The molecule has 0 aliphatic heterocycles. The lowest BCUT2D eigenvalue weighted by atomic mass is 10.2. The van der Waals surface area contributed by atoms with Gasteiger partial charge in [-0.1, -0.05) is 6.92 Å². The molecule has 0 spiro atoms. The van der Waals surface area contributed by atoms with Crippen molar-refractivity contribution in [3.63, 3.8) is 0 Å². The first-order valence-electron chi connectivity index (χ1n) is 5.01. The average Bonchev–Trinajstić information content (AvgIpc) is 2.20. The van der Waals surface area contributed by atoms with Crippen molar-refractivity contribution in [3.8, 4) is 5.75 Å². The Kier molecular flexibility index (Phi) is 4.14. The molecule has 3 N–H and O–H groups in total. The molecule has 0 radical (unpaired) electrons. The second kappa shape index (κ2) is 5.18. The lowest BCUT2D eigenvalue weighted by molar-refractivity contribution is 0.471. The van der Waals surface area contributed by atoms with E-state index in [0.717, 1.165) is 6.42 Å². The summed E-state index contributed by atoms with van der Waals surface area (Å²) in [5.74, 6) is 0.143. The fraction of sp³-hybridized carbons (Fsp3) is 0.400. The van der Waals surface area contributed by atoms with E-state index < -0.39 is 10.2 Å². The number of rotatable bonds is 5. The number of phenols is 1. The summed E-state index contributed by atoms with van der Waals surface area (Å²) in [6, 6.07) is 4.53. The smallest absolute Gasteiger partial charge is 0.299 e. The van der Waals surface area contributed by atoms with Gasteiger partial charge in [0.1, 0.15) is 5.75 Å². The van der Waals surface area contributed by atoms with Gasteiger partial charge in [0.05, 0.1) is 5.69 Å². The van der Waals surface area contributed by atoms with Gasteiger partial charge in [-0.25, -0.2) is 0 Å². The number of hydrogen-bond donors (Lipinski definition) is 3. The van der Waals surface area contributed by atoms with Gasteiger partial charge >= 0.3 is 0 Å². The lowest BCUT2D eigenvalue weighted by Crippen LogP contribution is -2.30. The highest BCUT2D eigenvalue weighted by Gasteiger charge is 2.08. The number of nitrogens with one attached hydrogen (secondary N) is 2. The third-order valence-electron chi connectivity index (χ3n) is 1.99. The van der Waals surface area contributed by atoms with Crippen LogP contribution < -0.4 is 9.44 Å². The molecular formula is C10H16N2O3S. The van der Waals surface area contributed by atoms with Crippen LogP contribution >= 0.6 is 0 Å². The molecule has 0 atom stereocenters. The van der Waals surface area contributed by atoms with Crippen molar-refractivity contribution in [1.29, 1.82) is 0 Å². The quantitative estimate of drug-likeness (QED) is 0.684. The van der Waals surface area contributed by atoms with E-state index in [-0.39, 0.29) is 5.75 Å². The summed E-state index contributed by atoms with van der Waals surface area (Å²) in [5.41, 5.74) is 1.05. The van der Waals surface area contributed by atoms with Gasteiger partial charge in [0.15, 0.2) is 0 Å². The van der Waals surface area contributed by atoms with Crippen molar-refractivity contribution in [2.24, 2.45) is 0 Å². The summed E-state index contributed by atoms with van der Waals surface area (Å²) in [4.78, 5) is 0.